The predicted octanol–water partition coefficient (Wildman–Crippen LogP) is 4.43. The fourth-order valence-corrected chi connectivity index (χ4v) is 3.84. The molecule has 3 N–H and O–H groups in total. The first-order chi connectivity index (χ1) is 12.9. The van der Waals surface area contributed by atoms with Crippen LogP contribution in [0.2, 0.25) is 0 Å². The molecule has 3 aromatic rings. The van der Waals surface area contributed by atoms with Gasteiger partial charge in [-0.15, -0.1) is 11.3 Å². The number of nitrogens with one attached hydrogen (secondary N) is 1. The number of hydrogen-bond acceptors (Lipinski definition) is 4. The van der Waals surface area contributed by atoms with Crippen molar-refractivity contribution in [1.82, 2.24) is 0 Å². The van der Waals surface area contributed by atoms with E-state index in [-0.39, 0.29) is 18.1 Å². The third kappa shape index (κ3) is 4.09. The average Bonchev–Trinajstić information content (AvgIpc) is 3.18. The molecule has 0 radical (unpaired) electrons. The van der Waals surface area contributed by atoms with Gasteiger partial charge in [-0.25, -0.2) is 4.39 Å². The highest BCUT2D eigenvalue weighted by Crippen LogP contribution is 2.32. The molecule has 2 aromatic heterocycles. The molecule has 0 aliphatic heterocycles. The van der Waals surface area contributed by atoms with Crippen molar-refractivity contribution in [3.8, 4) is 11.3 Å². The van der Waals surface area contributed by atoms with Crippen LogP contribution in [0, 0.1) is 19.7 Å². The fourth-order valence-electron chi connectivity index (χ4n) is 2.76. The summed E-state index contributed by atoms with van der Waals surface area (Å²) >= 11 is 1.32. The van der Waals surface area contributed by atoms with E-state index in [0.29, 0.717) is 34.1 Å². The maximum absolute atomic E-state index is 13.8. The molecule has 27 heavy (non-hydrogen) atoms. The van der Waals surface area contributed by atoms with E-state index in [4.69, 9.17) is 10.2 Å². The van der Waals surface area contributed by atoms with Crippen LogP contribution >= 0.6 is 11.3 Å². The Morgan fingerprint density at radius 1 is 1.19 bits per heavy atom. The topological polar surface area (TPSA) is 85.3 Å². The Morgan fingerprint density at radius 2 is 1.93 bits per heavy atom. The van der Waals surface area contributed by atoms with Gasteiger partial charge in [-0.3, -0.25) is 9.59 Å². The summed E-state index contributed by atoms with van der Waals surface area (Å²) in [4.78, 5) is 24.8. The number of aryl methyl sites for hydroxylation is 2. The van der Waals surface area contributed by atoms with Crippen LogP contribution in [-0.4, -0.2) is 11.8 Å². The van der Waals surface area contributed by atoms with E-state index in [0.717, 1.165) is 10.4 Å². The molecule has 1 aromatic carbocycles. The number of halogens is 1. The monoisotopic (exact) mass is 386 g/mol. The highest BCUT2D eigenvalue weighted by molar-refractivity contribution is 7.16. The molecule has 5 nitrogen and oxygen atoms in total. The molecule has 0 fully saturated rings. The highest BCUT2D eigenvalue weighted by atomic mass is 32.1. The van der Waals surface area contributed by atoms with Crippen LogP contribution in [0.4, 0.5) is 9.39 Å². The highest BCUT2D eigenvalue weighted by Gasteiger charge is 2.19. The van der Waals surface area contributed by atoms with Gasteiger partial charge in [0.25, 0.3) is 5.91 Å². The number of anilines is 1. The molecule has 7 heteroatoms. The van der Waals surface area contributed by atoms with E-state index in [2.05, 4.69) is 5.32 Å². The van der Waals surface area contributed by atoms with Crippen molar-refractivity contribution in [2.75, 3.05) is 5.32 Å². The third-order valence-corrected chi connectivity index (χ3v) is 5.41. The van der Waals surface area contributed by atoms with Crippen molar-refractivity contribution >= 4 is 28.2 Å². The summed E-state index contributed by atoms with van der Waals surface area (Å²) in [6.07, 6.45) is 0.522. The minimum atomic E-state index is -0.562. The van der Waals surface area contributed by atoms with Gasteiger partial charge >= 0.3 is 0 Å². The Kier molecular flexibility index (Phi) is 5.41. The maximum atomic E-state index is 13.8. The van der Waals surface area contributed by atoms with Crippen LogP contribution in [0.25, 0.3) is 11.3 Å². The lowest BCUT2D eigenvalue weighted by molar-refractivity contribution is -0.116. The molecule has 3 rings (SSSR count). The Balaban J connectivity index is 1.65. The van der Waals surface area contributed by atoms with E-state index in [1.54, 1.807) is 37.3 Å². The van der Waals surface area contributed by atoms with Gasteiger partial charge in [0.2, 0.25) is 5.91 Å². The van der Waals surface area contributed by atoms with Crippen molar-refractivity contribution < 1.29 is 18.4 Å². The van der Waals surface area contributed by atoms with Crippen LogP contribution in [-0.2, 0) is 11.2 Å². The summed E-state index contributed by atoms with van der Waals surface area (Å²) in [6, 6.07) is 9.76. The van der Waals surface area contributed by atoms with Gasteiger partial charge in [0, 0.05) is 17.7 Å². The Bertz CT molecular complexity index is 1010. The molecule has 0 saturated heterocycles. The number of primary amides is 1. The molecule has 0 aliphatic carbocycles. The van der Waals surface area contributed by atoms with Crippen molar-refractivity contribution in [3.05, 3.63) is 64.0 Å². The van der Waals surface area contributed by atoms with Crippen molar-refractivity contribution in [2.45, 2.75) is 26.7 Å². The number of amides is 2. The van der Waals surface area contributed by atoms with Gasteiger partial charge in [0.05, 0.1) is 11.1 Å². The van der Waals surface area contributed by atoms with Crippen LogP contribution < -0.4 is 11.1 Å². The summed E-state index contributed by atoms with van der Waals surface area (Å²) in [6.45, 7) is 3.67. The second kappa shape index (κ2) is 7.75. The van der Waals surface area contributed by atoms with E-state index in [1.807, 2.05) is 6.92 Å². The zero-order valence-electron chi connectivity index (χ0n) is 15.0. The first-order valence-electron chi connectivity index (χ1n) is 8.40. The van der Waals surface area contributed by atoms with Gasteiger partial charge in [-0.1, -0.05) is 12.1 Å². The number of nitrogens with two attached hydrogens (primary N) is 1. The van der Waals surface area contributed by atoms with Crippen LogP contribution in [0.5, 0.6) is 0 Å². The van der Waals surface area contributed by atoms with E-state index >= 15 is 0 Å². The third-order valence-electron chi connectivity index (χ3n) is 4.28. The van der Waals surface area contributed by atoms with Gasteiger partial charge in [-0.05, 0) is 43.7 Å². The lowest BCUT2D eigenvalue weighted by Crippen LogP contribution is -2.17. The molecule has 140 valence electrons. The van der Waals surface area contributed by atoms with Crippen LogP contribution in [0.1, 0.15) is 33.0 Å². The number of hydrogen-bond donors (Lipinski definition) is 2. The fraction of sp³-hybridized carbons (Fsp3) is 0.200. The molecule has 0 unspecified atom stereocenters. The molecule has 0 bridgehead atoms. The Morgan fingerprint density at radius 3 is 2.63 bits per heavy atom. The number of benzene rings is 1. The Hall–Kier alpha value is -2.93. The Labute approximate surface area is 160 Å². The first-order valence-corrected chi connectivity index (χ1v) is 9.21. The summed E-state index contributed by atoms with van der Waals surface area (Å²) < 4.78 is 19.5. The van der Waals surface area contributed by atoms with Gasteiger partial charge < -0.3 is 15.5 Å². The van der Waals surface area contributed by atoms with Gasteiger partial charge in [0.15, 0.2) is 0 Å². The second-order valence-corrected chi connectivity index (χ2v) is 7.37. The number of carbonyl (C=O) groups is 2. The molecule has 2 heterocycles. The largest absolute Gasteiger partial charge is 0.461 e. The number of carbonyl (C=O) groups excluding carboxylic acids is 2. The van der Waals surface area contributed by atoms with Crippen molar-refractivity contribution in [1.29, 1.82) is 0 Å². The van der Waals surface area contributed by atoms with E-state index in [1.165, 1.54) is 17.4 Å². The zero-order chi connectivity index (χ0) is 19.6. The van der Waals surface area contributed by atoms with Gasteiger partial charge in [-0.2, -0.15) is 0 Å². The SMILES string of the molecule is Cc1sc(NC(=O)CCc2ccc(-c3ccccc3F)o2)c(C(N)=O)c1C. The molecular weight excluding hydrogens is 367 g/mol. The maximum Gasteiger partial charge on any atom is 0.251 e. The van der Waals surface area contributed by atoms with Crippen molar-refractivity contribution in [2.24, 2.45) is 5.73 Å². The van der Waals surface area contributed by atoms with E-state index in [9.17, 15) is 14.0 Å². The summed E-state index contributed by atoms with van der Waals surface area (Å²) in [5.41, 5.74) is 6.92. The zero-order valence-corrected chi connectivity index (χ0v) is 15.8. The van der Waals surface area contributed by atoms with E-state index < -0.39 is 5.91 Å². The molecule has 0 atom stereocenters. The average molecular weight is 386 g/mol. The minimum Gasteiger partial charge on any atom is -0.461 e. The molecule has 0 aliphatic rings. The normalized spacial score (nSPS) is 10.8. The second-order valence-electron chi connectivity index (χ2n) is 6.15. The first kappa shape index (κ1) is 18.8. The van der Waals surface area contributed by atoms with Crippen molar-refractivity contribution in [3.63, 3.8) is 0 Å². The number of rotatable bonds is 6. The number of thiophene rings is 1. The smallest absolute Gasteiger partial charge is 0.251 e. The quantitative estimate of drug-likeness (QED) is 0.657. The van der Waals surface area contributed by atoms with Gasteiger partial charge in [0.1, 0.15) is 22.3 Å². The lowest BCUT2D eigenvalue weighted by Gasteiger charge is -2.04. The summed E-state index contributed by atoms with van der Waals surface area (Å²) in [7, 11) is 0. The predicted molar refractivity (Wildman–Crippen MR) is 103 cm³/mol. The van der Waals surface area contributed by atoms with Crippen LogP contribution in [0.15, 0.2) is 40.8 Å². The number of furan rings is 1. The summed E-state index contributed by atoms with van der Waals surface area (Å²) in [5, 5.41) is 3.22. The minimum absolute atomic E-state index is 0.165. The lowest BCUT2D eigenvalue weighted by atomic mass is 10.1. The molecule has 2 amide bonds. The molecular formula is C20H19FN2O3S. The van der Waals surface area contributed by atoms with Crippen LogP contribution in [0.3, 0.4) is 0 Å². The molecule has 0 spiro atoms. The molecule has 0 saturated carbocycles. The summed E-state index contributed by atoms with van der Waals surface area (Å²) in [5.74, 6) is -0.171. The standard InChI is InChI=1S/C20H19FN2O3S/c1-11-12(2)27-20(18(11)19(22)25)23-17(24)10-8-13-7-9-16(26-13)14-5-3-4-6-15(14)21/h3-7,9H,8,10H2,1-2H3,(H2,22,25)(H,23,24).